The highest BCUT2D eigenvalue weighted by Gasteiger charge is 2.25. The number of carbonyl (C=O) groups excluding carboxylic acids is 2. The number of rotatable bonds is 6. The second kappa shape index (κ2) is 8.87. The van der Waals surface area contributed by atoms with Crippen LogP contribution in [0, 0.1) is 19.7 Å². The quantitative estimate of drug-likeness (QED) is 0.598. The third-order valence-electron chi connectivity index (χ3n) is 4.27. The van der Waals surface area contributed by atoms with E-state index in [1.54, 1.807) is 25.1 Å². The molecule has 2 amide bonds. The lowest BCUT2D eigenvalue weighted by Crippen LogP contribution is -2.35. The molecule has 0 bridgehead atoms. The molecule has 3 rings (SSSR count). The minimum absolute atomic E-state index is 0.00363. The van der Waals surface area contributed by atoms with Gasteiger partial charge in [0.25, 0.3) is 11.8 Å². The summed E-state index contributed by atoms with van der Waals surface area (Å²) in [5.41, 5.74) is 1.66. The molecular weight excluding hydrogens is 397 g/mol. The minimum atomic E-state index is -0.606. The Morgan fingerprint density at radius 2 is 1.76 bits per heavy atom. The summed E-state index contributed by atoms with van der Waals surface area (Å²) < 4.78 is 19.3. The van der Waals surface area contributed by atoms with Gasteiger partial charge in [-0.15, -0.1) is 0 Å². The molecule has 2 N–H and O–H groups in total. The summed E-state index contributed by atoms with van der Waals surface area (Å²) in [7, 11) is 0. The standard InChI is InChI=1S/C21H19ClFN3O3/c1-12-5-3-6-14(11-12)20(27)24-9-10-25-21(28)17-13(2)29-26-19(17)18-15(22)7-4-8-16(18)23/h3-8,11H,9-10H2,1-2H3,(H,24,27)(H,25,28). The lowest BCUT2D eigenvalue weighted by molar-refractivity contribution is 0.0927. The van der Waals surface area contributed by atoms with Crippen molar-refractivity contribution in [1.29, 1.82) is 0 Å². The summed E-state index contributed by atoms with van der Waals surface area (Å²) in [6.07, 6.45) is 0. The Morgan fingerprint density at radius 3 is 2.45 bits per heavy atom. The van der Waals surface area contributed by atoms with Gasteiger partial charge < -0.3 is 15.2 Å². The van der Waals surface area contributed by atoms with E-state index in [1.165, 1.54) is 18.2 Å². The molecule has 0 aliphatic rings. The molecule has 0 saturated heterocycles. The van der Waals surface area contributed by atoms with Crippen LogP contribution in [0.2, 0.25) is 5.02 Å². The summed E-state index contributed by atoms with van der Waals surface area (Å²) >= 11 is 6.08. The fraction of sp³-hybridized carbons (Fsp3) is 0.190. The molecule has 0 spiro atoms. The number of benzene rings is 2. The number of nitrogens with zero attached hydrogens (tertiary/aromatic N) is 1. The van der Waals surface area contributed by atoms with Gasteiger partial charge in [0, 0.05) is 18.7 Å². The average molecular weight is 416 g/mol. The Bertz CT molecular complexity index is 1040. The first-order chi connectivity index (χ1) is 13.9. The molecule has 6 nitrogen and oxygen atoms in total. The lowest BCUT2D eigenvalue weighted by Gasteiger charge is -2.09. The largest absolute Gasteiger partial charge is 0.360 e. The molecule has 0 unspecified atom stereocenters. The smallest absolute Gasteiger partial charge is 0.257 e. The van der Waals surface area contributed by atoms with E-state index in [2.05, 4.69) is 15.8 Å². The van der Waals surface area contributed by atoms with Crippen LogP contribution >= 0.6 is 11.6 Å². The molecule has 150 valence electrons. The van der Waals surface area contributed by atoms with E-state index in [9.17, 15) is 14.0 Å². The maximum Gasteiger partial charge on any atom is 0.257 e. The van der Waals surface area contributed by atoms with Crippen molar-refractivity contribution < 1.29 is 18.5 Å². The molecule has 0 fully saturated rings. The first kappa shape index (κ1) is 20.5. The van der Waals surface area contributed by atoms with Crippen molar-refractivity contribution in [3.8, 4) is 11.3 Å². The Morgan fingerprint density at radius 1 is 1.07 bits per heavy atom. The van der Waals surface area contributed by atoms with Gasteiger partial charge >= 0.3 is 0 Å². The van der Waals surface area contributed by atoms with E-state index in [-0.39, 0.29) is 46.6 Å². The third-order valence-corrected chi connectivity index (χ3v) is 4.58. The number of amides is 2. The van der Waals surface area contributed by atoms with Gasteiger partial charge in [-0.3, -0.25) is 9.59 Å². The molecule has 1 aromatic heterocycles. The molecule has 0 aliphatic carbocycles. The van der Waals surface area contributed by atoms with Crippen LogP contribution in [-0.2, 0) is 0 Å². The van der Waals surface area contributed by atoms with Crippen LogP contribution in [0.15, 0.2) is 47.0 Å². The van der Waals surface area contributed by atoms with E-state index < -0.39 is 11.7 Å². The number of hydrogen-bond donors (Lipinski definition) is 2. The molecule has 29 heavy (non-hydrogen) atoms. The fourth-order valence-corrected chi connectivity index (χ4v) is 3.12. The van der Waals surface area contributed by atoms with Crippen molar-refractivity contribution in [1.82, 2.24) is 15.8 Å². The second-order valence-corrected chi connectivity index (χ2v) is 6.85. The summed E-state index contributed by atoms with van der Waals surface area (Å²) in [5, 5.41) is 9.33. The van der Waals surface area contributed by atoms with Gasteiger partial charge in [0.1, 0.15) is 22.8 Å². The SMILES string of the molecule is Cc1cccc(C(=O)NCCNC(=O)c2c(-c3c(F)cccc3Cl)noc2C)c1. The van der Waals surface area contributed by atoms with Gasteiger partial charge in [-0.1, -0.05) is 40.5 Å². The number of hydrogen-bond acceptors (Lipinski definition) is 4. The predicted molar refractivity (Wildman–Crippen MR) is 107 cm³/mol. The van der Waals surface area contributed by atoms with E-state index in [0.717, 1.165) is 5.56 Å². The van der Waals surface area contributed by atoms with Crippen LogP contribution in [-0.4, -0.2) is 30.1 Å². The van der Waals surface area contributed by atoms with Gasteiger partial charge in [0.15, 0.2) is 0 Å². The molecule has 0 radical (unpaired) electrons. The van der Waals surface area contributed by atoms with E-state index >= 15 is 0 Å². The molecule has 0 atom stereocenters. The van der Waals surface area contributed by atoms with Gasteiger partial charge in [-0.2, -0.15) is 0 Å². The second-order valence-electron chi connectivity index (χ2n) is 6.44. The molecule has 0 aliphatic heterocycles. The number of halogens is 2. The number of aryl methyl sites for hydroxylation is 2. The topological polar surface area (TPSA) is 84.2 Å². The Balaban J connectivity index is 1.65. The monoisotopic (exact) mass is 415 g/mol. The van der Waals surface area contributed by atoms with E-state index in [0.29, 0.717) is 5.56 Å². The molecule has 8 heteroatoms. The van der Waals surface area contributed by atoms with Crippen LogP contribution < -0.4 is 10.6 Å². The first-order valence-corrected chi connectivity index (χ1v) is 9.30. The Hall–Kier alpha value is -3.19. The molecule has 3 aromatic rings. The third kappa shape index (κ3) is 4.63. The highest BCUT2D eigenvalue weighted by Crippen LogP contribution is 2.33. The Labute approximate surface area is 172 Å². The van der Waals surface area contributed by atoms with Gasteiger partial charge in [-0.25, -0.2) is 4.39 Å². The molecule has 2 aromatic carbocycles. The normalized spacial score (nSPS) is 10.6. The molecule has 0 saturated carbocycles. The predicted octanol–water partition coefficient (Wildman–Crippen LogP) is 3.91. The van der Waals surface area contributed by atoms with Gasteiger partial charge in [-0.05, 0) is 38.1 Å². The summed E-state index contributed by atoms with van der Waals surface area (Å²) in [6, 6.07) is 11.4. The lowest BCUT2D eigenvalue weighted by atomic mass is 10.0. The maximum atomic E-state index is 14.2. The van der Waals surface area contributed by atoms with Crippen LogP contribution in [0.25, 0.3) is 11.3 Å². The summed E-state index contributed by atoms with van der Waals surface area (Å²) in [5.74, 6) is -1.10. The Kier molecular flexibility index (Phi) is 6.29. The first-order valence-electron chi connectivity index (χ1n) is 8.92. The van der Waals surface area contributed by atoms with Crippen molar-refractivity contribution in [2.75, 3.05) is 13.1 Å². The average Bonchev–Trinajstić information content (AvgIpc) is 3.06. The number of carbonyl (C=O) groups is 2. The molecular formula is C21H19ClFN3O3. The minimum Gasteiger partial charge on any atom is -0.360 e. The van der Waals surface area contributed by atoms with Crippen molar-refractivity contribution >= 4 is 23.4 Å². The number of nitrogens with one attached hydrogen (secondary N) is 2. The highest BCUT2D eigenvalue weighted by atomic mass is 35.5. The highest BCUT2D eigenvalue weighted by molar-refractivity contribution is 6.33. The van der Waals surface area contributed by atoms with Crippen molar-refractivity contribution in [2.45, 2.75) is 13.8 Å². The van der Waals surface area contributed by atoms with Crippen molar-refractivity contribution in [3.63, 3.8) is 0 Å². The fourth-order valence-electron chi connectivity index (χ4n) is 2.86. The van der Waals surface area contributed by atoms with Crippen LogP contribution in [0.5, 0.6) is 0 Å². The van der Waals surface area contributed by atoms with Crippen molar-refractivity contribution in [3.05, 3.63) is 75.8 Å². The van der Waals surface area contributed by atoms with Crippen LogP contribution in [0.3, 0.4) is 0 Å². The van der Waals surface area contributed by atoms with E-state index in [1.807, 2.05) is 13.0 Å². The zero-order valence-electron chi connectivity index (χ0n) is 15.9. The van der Waals surface area contributed by atoms with E-state index in [4.69, 9.17) is 16.1 Å². The van der Waals surface area contributed by atoms with Crippen LogP contribution in [0.1, 0.15) is 32.0 Å². The maximum absolute atomic E-state index is 14.2. The summed E-state index contributed by atoms with van der Waals surface area (Å²) in [6.45, 7) is 3.85. The summed E-state index contributed by atoms with van der Waals surface area (Å²) in [4.78, 5) is 24.7. The number of aromatic nitrogens is 1. The zero-order valence-corrected chi connectivity index (χ0v) is 16.6. The molecule has 1 heterocycles. The van der Waals surface area contributed by atoms with Gasteiger partial charge in [0.2, 0.25) is 0 Å². The van der Waals surface area contributed by atoms with Gasteiger partial charge in [0.05, 0.1) is 10.6 Å². The van der Waals surface area contributed by atoms with Crippen LogP contribution in [0.4, 0.5) is 4.39 Å². The van der Waals surface area contributed by atoms with Crippen molar-refractivity contribution in [2.24, 2.45) is 0 Å². The zero-order chi connectivity index (χ0) is 21.0.